The van der Waals surface area contributed by atoms with Gasteiger partial charge in [-0.1, -0.05) is 36.4 Å². The molecule has 1 N–H and O–H groups in total. The van der Waals surface area contributed by atoms with Gasteiger partial charge in [0.1, 0.15) is 0 Å². The van der Waals surface area contributed by atoms with E-state index in [0.29, 0.717) is 5.56 Å². The fourth-order valence-corrected chi connectivity index (χ4v) is 1.55. The summed E-state index contributed by atoms with van der Waals surface area (Å²) < 4.78 is 5.09. The van der Waals surface area contributed by atoms with Crippen LogP contribution in [0.3, 0.4) is 0 Å². The number of benzene rings is 1. The second-order valence-electron chi connectivity index (χ2n) is 4.17. The molecule has 0 bridgehead atoms. The third kappa shape index (κ3) is 3.17. The molecule has 0 heterocycles. The molecular formula is C14H18O3. The maximum atomic E-state index is 11.9. The largest absolute Gasteiger partial charge is 0.461 e. The van der Waals surface area contributed by atoms with Crippen LogP contribution in [0.15, 0.2) is 43.0 Å². The molecule has 0 aliphatic rings. The lowest BCUT2D eigenvalue weighted by Crippen LogP contribution is -2.38. The molecule has 0 saturated heterocycles. The zero-order chi connectivity index (χ0) is 12.9. The van der Waals surface area contributed by atoms with Gasteiger partial charge in [0.15, 0.2) is 5.60 Å². The van der Waals surface area contributed by atoms with Crippen molar-refractivity contribution in [1.82, 2.24) is 0 Å². The summed E-state index contributed by atoms with van der Waals surface area (Å²) in [6.07, 6.45) is 1.37. The topological polar surface area (TPSA) is 46.5 Å². The van der Waals surface area contributed by atoms with E-state index in [4.69, 9.17) is 4.74 Å². The fourth-order valence-electron chi connectivity index (χ4n) is 1.55. The first-order valence-electron chi connectivity index (χ1n) is 5.60. The number of aliphatic hydroxyl groups is 1. The van der Waals surface area contributed by atoms with Crippen molar-refractivity contribution in [2.45, 2.75) is 32.0 Å². The Balaban J connectivity index is 3.05. The minimum Gasteiger partial charge on any atom is -0.461 e. The Morgan fingerprint density at radius 3 is 2.53 bits per heavy atom. The van der Waals surface area contributed by atoms with Crippen LogP contribution in [0.5, 0.6) is 0 Å². The van der Waals surface area contributed by atoms with Crippen LogP contribution in [-0.4, -0.2) is 17.2 Å². The van der Waals surface area contributed by atoms with E-state index in [1.165, 1.54) is 6.08 Å². The summed E-state index contributed by atoms with van der Waals surface area (Å²) in [6, 6.07) is 8.76. The van der Waals surface area contributed by atoms with Crippen LogP contribution < -0.4 is 0 Å². The van der Waals surface area contributed by atoms with Crippen molar-refractivity contribution in [3.63, 3.8) is 0 Å². The van der Waals surface area contributed by atoms with Crippen molar-refractivity contribution in [2.75, 3.05) is 0 Å². The highest BCUT2D eigenvalue weighted by Crippen LogP contribution is 2.27. The molecule has 1 unspecified atom stereocenters. The quantitative estimate of drug-likeness (QED) is 0.628. The van der Waals surface area contributed by atoms with Gasteiger partial charge in [-0.15, -0.1) is 6.58 Å². The van der Waals surface area contributed by atoms with E-state index in [1.807, 2.05) is 6.07 Å². The molecule has 1 aromatic rings. The van der Waals surface area contributed by atoms with E-state index in [1.54, 1.807) is 38.1 Å². The molecule has 92 valence electrons. The van der Waals surface area contributed by atoms with E-state index < -0.39 is 11.6 Å². The molecule has 0 saturated carbocycles. The highest BCUT2D eigenvalue weighted by molar-refractivity contribution is 5.81. The van der Waals surface area contributed by atoms with Gasteiger partial charge in [0.2, 0.25) is 0 Å². The predicted octanol–water partition coefficient (Wildman–Crippen LogP) is 2.40. The lowest BCUT2D eigenvalue weighted by atomic mass is 9.90. The van der Waals surface area contributed by atoms with E-state index in [2.05, 4.69) is 6.58 Å². The van der Waals surface area contributed by atoms with Gasteiger partial charge in [-0.3, -0.25) is 0 Å². The summed E-state index contributed by atoms with van der Waals surface area (Å²) in [4.78, 5) is 11.9. The summed E-state index contributed by atoms with van der Waals surface area (Å²) in [6.45, 7) is 7.06. The summed E-state index contributed by atoms with van der Waals surface area (Å²) >= 11 is 0. The Hall–Kier alpha value is -1.61. The normalized spacial score (nSPS) is 14.1. The molecule has 0 aliphatic heterocycles. The van der Waals surface area contributed by atoms with Gasteiger partial charge in [-0.2, -0.15) is 0 Å². The highest BCUT2D eigenvalue weighted by Gasteiger charge is 2.38. The molecule has 1 rings (SSSR count). The minimum absolute atomic E-state index is 0.128. The SMILES string of the molecule is C=CCC(O)(C(=O)OC(C)C)c1ccccc1. The van der Waals surface area contributed by atoms with Crippen molar-refractivity contribution < 1.29 is 14.6 Å². The lowest BCUT2D eigenvalue weighted by Gasteiger charge is -2.26. The average molecular weight is 234 g/mol. The van der Waals surface area contributed by atoms with Gasteiger partial charge >= 0.3 is 5.97 Å². The highest BCUT2D eigenvalue weighted by atomic mass is 16.6. The molecule has 0 aliphatic carbocycles. The lowest BCUT2D eigenvalue weighted by molar-refractivity contribution is -0.170. The fraction of sp³-hybridized carbons (Fsp3) is 0.357. The van der Waals surface area contributed by atoms with Crippen LogP contribution in [0.2, 0.25) is 0 Å². The van der Waals surface area contributed by atoms with Crippen LogP contribution >= 0.6 is 0 Å². The molecule has 0 radical (unpaired) electrons. The number of hydrogen-bond acceptors (Lipinski definition) is 3. The second-order valence-corrected chi connectivity index (χ2v) is 4.17. The van der Waals surface area contributed by atoms with Crippen LogP contribution in [0, 0.1) is 0 Å². The number of ether oxygens (including phenoxy) is 1. The zero-order valence-corrected chi connectivity index (χ0v) is 10.2. The van der Waals surface area contributed by atoms with Gasteiger partial charge in [0.25, 0.3) is 0 Å². The van der Waals surface area contributed by atoms with Crippen molar-refractivity contribution in [3.8, 4) is 0 Å². The average Bonchev–Trinajstić information content (AvgIpc) is 2.29. The number of rotatable bonds is 5. The monoisotopic (exact) mass is 234 g/mol. The Labute approximate surface area is 102 Å². The van der Waals surface area contributed by atoms with Gasteiger partial charge in [-0.25, -0.2) is 4.79 Å². The maximum Gasteiger partial charge on any atom is 0.343 e. The molecule has 1 atom stereocenters. The second kappa shape index (κ2) is 5.64. The summed E-state index contributed by atoms with van der Waals surface area (Å²) in [5, 5.41) is 10.5. The Morgan fingerprint density at radius 1 is 1.47 bits per heavy atom. The summed E-state index contributed by atoms with van der Waals surface area (Å²) in [7, 11) is 0. The number of esters is 1. The third-order valence-electron chi connectivity index (χ3n) is 2.37. The first-order valence-corrected chi connectivity index (χ1v) is 5.60. The molecule has 0 aromatic heterocycles. The Bertz CT molecular complexity index is 384. The summed E-state index contributed by atoms with van der Waals surface area (Å²) in [5.74, 6) is -0.640. The smallest absolute Gasteiger partial charge is 0.343 e. The van der Waals surface area contributed by atoms with E-state index in [0.717, 1.165) is 0 Å². The third-order valence-corrected chi connectivity index (χ3v) is 2.37. The van der Waals surface area contributed by atoms with Crippen LogP contribution in [0.25, 0.3) is 0 Å². The van der Waals surface area contributed by atoms with Gasteiger partial charge in [-0.05, 0) is 19.4 Å². The van der Waals surface area contributed by atoms with Crippen LogP contribution in [0.4, 0.5) is 0 Å². The Kier molecular flexibility index (Phi) is 4.46. The molecule has 0 amide bonds. The number of carbonyl (C=O) groups is 1. The maximum absolute atomic E-state index is 11.9. The van der Waals surface area contributed by atoms with Gasteiger partial charge in [0.05, 0.1) is 6.10 Å². The van der Waals surface area contributed by atoms with Crippen molar-refractivity contribution in [1.29, 1.82) is 0 Å². The molecule has 0 fully saturated rings. The molecule has 17 heavy (non-hydrogen) atoms. The van der Waals surface area contributed by atoms with Crippen molar-refractivity contribution in [2.24, 2.45) is 0 Å². The van der Waals surface area contributed by atoms with E-state index in [9.17, 15) is 9.90 Å². The first kappa shape index (κ1) is 13.5. The van der Waals surface area contributed by atoms with Gasteiger partial charge in [0, 0.05) is 6.42 Å². The molecule has 1 aromatic carbocycles. The van der Waals surface area contributed by atoms with Crippen LogP contribution in [0.1, 0.15) is 25.8 Å². The van der Waals surface area contributed by atoms with E-state index in [-0.39, 0.29) is 12.5 Å². The summed E-state index contributed by atoms with van der Waals surface area (Å²) in [5.41, 5.74) is -1.13. The zero-order valence-electron chi connectivity index (χ0n) is 10.2. The standard InChI is InChI=1S/C14H18O3/c1-4-10-14(16,13(15)17-11(2)3)12-8-6-5-7-9-12/h4-9,11,16H,1,10H2,2-3H3. The minimum atomic E-state index is -1.65. The molecule has 0 spiro atoms. The van der Waals surface area contributed by atoms with Crippen molar-refractivity contribution >= 4 is 5.97 Å². The Morgan fingerprint density at radius 2 is 2.06 bits per heavy atom. The number of carbonyl (C=O) groups excluding carboxylic acids is 1. The predicted molar refractivity (Wildman–Crippen MR) is 66.4 cm³/mol. The van der Waals surface area contributed by atoms with Crippen LogP contribution in [-0.2, 0) is 15.1 Å². The van der Waals surface area contributed by atoms with Gasteiger partial charge < -0.3 is 9.84 Å². The molecule has 3 nitrogen and oxygen atoms in total. The van der Waals surface area contributed by atoms with Crippen molar-refractivity contribution in [3.05, 3.63) is 48.6 Å². The van der Waals surface area contributed by atoms with E-state index >= 15 is 0 Å². The molecular weight excluding hydrogens is 216 g/mol. The number of hydrogen-bond donors (Lipinski definition) is 1. The molecule has 3 heteroatoms. The first-order chi connectivity index (χ1) is 8.00.